The van der Waals surface area contributed by atoms with E-state index in [1.54, 1.807) is 23.1 Å². The number of benzene rings is 1. The van der Waals surface area contributed by atoms with Crippen LogP contribution in [0.3, 0.4) is 0 Å². The number of amides is 1. The largest absolute Gasteiger partial charge is 0.396 e. The Morgan fingerprint density at radius 3 is 2.86 bits per heavy atom. The number of β-amino-alcohol motifs (C(OH)–C–C–N with tert-alkyl or cyclic N) is 1. The average molecular weight is 288 g/mol. The van der Waals surface area contributed by atoms with Crippen LogP contribution in [0.25, 0.3) is 11.4 Å². The van der Waals surface area contributed by atoms with Crippen LogP contribution >= 0.6 is 0 Å². The fourth-order valence-corrected chi connectivity index (χ4v) is 2.58. The third kappa shape index (κ3) is 2.53. The number of carbonyl (C=O) groups is 1. The fraction of sp³-hybridized carbons (Fsp3) is 0.357. The van der Waals surface area contributed by atoms with Crippen molar-refractivity contribution in [3.63, 3.8) is 0 Å². The van der Waals surface area contributed by atoms with Crippen LogP contribution in [-0.4, -0.2) is 62.0 Å². The molecule has 0 radical (unpaired) electrons. The first-order chi connectivity index (χ1) is 10.2. The van der Waals surface area contributed by atoms with E-state index >= 15 is 0 Å². The van der Waals surface area contributed by atoms with Gasteiger partial charge in [-0.1, -0.05) is 18.2 Å². The number of aliphatic hydroxyl groups excluding tert-OH is 2. The molecule has 1 aliphatic heterocycles. The maximum Gasteiger partial charge on any atom is 0.254 e. The second-order valence-corrected chi connectivity index (χ2v) is 5.10. The molecule has 3 N–H and O–H groups in total. The Morgan fingerprint density at radius 2 is 2.19 bits per heavy atom. The van der Waals surface area contributed by atoms with Gasteiger partial charge in [0.15, 0.2) is 5.82 Å². The number of carbonyl (C=O) groups excluding carboxylic acids is 1. The molecular weight excluding hydrogens is 272 g/mol. The highest BCUT2D eigenvalue weighted by Gasteiger charge is 2.34. The van der Waals surface area contributed by atoms with E-state index in [1.165, 1.54) is 6.33 Å². The minimum Gasteiger partial charge on any atom is -0.396 e. The summed E-state index contributed by atoms with van der Waals surface area (Å²) in [6.07, 6.45) is 0.703. The fourth-order valence-electron chi connectivity index (χ4n) is 2.58. The number of nitrogens with zero attached hydrogens (tertiary/aromatic N) is 3. The molecule has 1 fully saturated rings. The van der Waals surface area contributed by atoms with Crippen molar-refractivity contribution in [2.75, 3.05) is 19.7 Å². The maximum atomic E-state index is 12.6. The summed E-state index contributed by atoms with van der Waals surface area (Å²) in [7, 11) is 0. The molecule has 1 aliphatic rings. The summed E-state index contributed by atoms with van der Waals surface area (Å²) in [6.45, 7) is 0.449. The SMILES string of the molecule is O=C(c1ccccc1-c1ncn[nH]1)N1CC(O)C(CO)C1. The second kappa shape index (κ2) is 5.63. The molecule has 0 spiro atoms. The van der Waals surface area contributed by atoms with Crippen molar-refractivity contribution in [1.29, 1.82) is 0 Å². The number of aromatic amines is 1. The smallest absolute Gasteiger partial charge is 0.254 e. The highest BCUT2D eigenvalue weighted by atomic mass is 16.3. The second-order valence-electron chi connectivity index (χ2n) is 5.10. The lowest BCUT2D eigenvalue weighted by molar-refractivity contribution is 0.0764. The first kappa shape index (κ1) is 13.7. The Kier molecular flexibility index (Phi) is 3.68. The topological polar surface area (TPSA) is 102 Å². The molecule has 7 nitrogen and oxygen atoms in total. The Hall–Kier alpha value is -2.25. The van der Waals surface area contributed by atoms with Crippen molar-refractivity contribution in [2.45, 2.75) is 6.10 Å². The van der Waals surface area contributed by atoms with Crippen LogP contribution in [0.15, 0.2) is 30.6 Å². The number of aliphatic hydroxyl groups is 2. The molecule has 2 heterocycles. The zero-order valence-electron chi connectivity index (χ0n) is 11.3. The predicted molar refractivity (Wildman–Crippen MR) is 74.3 cm³/mol. The van der Waals surface area contributed by atoms with Crippen LogP contribution in [0.5, 0.6) is 0 Å². The van der Waals surface area contributed by atoms with Crippen LogP contribution in [0.2, 0.25) is 0 Å². The molecule has 0 saturated carbocycles. The number of nitrogens with one attached hydrogen (secondary N) is 1. The molecule has 1 amide bonds. The van der Waals surface area contributed by atoms with Gasteiger partial charge in [-0.2, -0.15) is 5.10 Å². The molecule has 1 saturated heterocycles. The summed E-state index contributed by atoms with van der Waals surface area (Å²) < 4.78 is 0. The standard InChI is InChI=1S/C14H16N4O3/c19-7-9-5-18(6-12(9)20)14(21)11-4-2-1-3-10(11)13-15-8-16-17-13/h1-4,8-9,12,19-20H,5-7H2,(H,15,16,17). The Balaban J connectivity index is 1.89. The summed E-state index contributed by atoms with van der Waals surface area (Å²) >= 11 is 0. The first-order valence-corrected chi connectivity index (χ1v) is 6.73. The van der Waals surface area contributed by atoms with Crippen LogP contribution in [-0.2, 0) is 0 Å². The van der Waals surface area contributed by atoms with Crippen LogP contribution in [0, 0.1) is 5.92 Å². The van der Waals surface area contributed by atoms with Crippen molar-refractivity contribution in [1.82, 2.24) is 20.1 Å². The number of H-pyrrole nitrogens is 1. The summed E-state index contributed by atoms with van der Waals surface area (Å²) in [5, 5.41) is 25.6. The molecule has 1 aromatic heterocycles. The van der Waals surface area contributed by atoms with E-state index in [0.29, 0.717) is 23.5 Å². The normalized spacial score (nSPS) is 21.7. The predicted octanol–water partition coefficient (Wildman–Crippen LogP) is -0.103. The van der Waals surface area contributed by atoms with Gasteiger partial charge in [0.1, 0.15) is 6.33 Å². The summed E-state index contributed by atoms with van der Waals surface area (Å²) in [6, 6.07) is 7.12. The van der Waals surface area contributed by atoms with Gasteiger partial charge in [-0.15, -0.1) is 0 Å². The van der Waals surface area contributed by atoms with Crippen molar-refractivity contribution in [3.05, 3.63) is 36.2 Å². The van der Waals surface area contributed by atoms with E-state index in [0.717, 1.165) is 0 Å². The van der Waals surface area contributed by atoms with E-state index in [2.05, 4.69) is 15.2 Å². The van der Waals surface area contributed by atoms with Crippen LogP contribution < -0.4 is 0 Å². The molecule has 0 aliphatic carbocycles. The Morgan fingerprint density at radius 1 is 1.38 bits per heavy atom. The van der Waals surface area contributed by atoms with Gasteiger partial charge in [-0.25, -0.2) is 4.98 Å². The molecule has 21 heavy (non-hydrogen) atoms. The highest BCUT2D eigenvalue weighted by molar-refractivity contribution is 6.00. The highest BCUT2D eigenvalue weighted by Crippen LogP contribution is 2.24. The zero-order valence-corrected chi connectivity index (χ0v) is 11.3. The summed E-state index contributed by atoms with van der Waals surface area (Å²) in [4.78, 5) is 18.3. The Labute approximate surface area is 121 Å². The molecule has 1 aromatic carbocycles. The molecule has 2 atom stereocenters. The molecular formula is C14H16N4O3. The van der Waals surface area contributed by atoms with E-state index in [1.807, 2.05) is 6.07 Å². The third-order valence-electron chi connectivity index (χ3n) is 3.76. The van der Waals surface area contributed by atoms with Gasteiger partial charge in [-0.05, 0) is 6.07 Å². The third-order valence-corrected chi connectivity index (χ3v) is 3.76. The lowest BCUT2D eigenvalue weighted by atomic mass is 10.1. The molecule has 7 heteroatoms. The van der Waals surface area contributed by atoms with Crippen molar-refractivity contribution < 1.29 is 15.0 Å². The van der Waals surface area contributed by atoms with Crippen LogP contribution in [0.1, 0.15) is 10.4 Å². The molecule has 2 aromatic rings. The van der Waals surface area contributed by atoms with Gasteiger partial charge < -0.3 is 15.1 Å². The van der Waals surface area contributed by atoms with Gasteiger partial charge >= 0.3 is 0 Å². The molecule has 3 rings (SSSR count). The molecule has 0 bridgehead atoms. The number of hydrogen-bond donors (Lipinski definition) is 3. The van der Waals surface area contributed by atoms with E-state index in [-0.39, 0.29) is 25.0 Å². The molecule has 2 unspecified atom stereocenters. The van der Waals surface area contributed by atoms with Crippen molar-refractivity contribution >= 4 is 5.91 Å². The monoisotopic (exact) mass is 288 g/mol. The van der Waals surface area contributed by atoms with Gasteiger partial charge in [-0.3, -0.25) is 9.89 Å². The summed E-state index contributed by atoms with van der Waals surface area (Å²) in [5.41, 5.74) is 1.17. The lowest BCUT2D eigenvalue weighted by Gasteiger charge is -2.17. The van der Waals surface area contributed by atoms with Crippen molar-refractivity contribution in [3.8, 4) is 11.4 Å². The Bertz CT molecular complexity index is 629. The van der Waals surface area contributed by atoms with Crippen LogP contribution in [0.4, 0.5) is 0 Å². The van der Waals surface area contributed by atoms with Crippen molar-refractivity contribution in [2.24, 2.45) is 5.92 Å². The number of rotatable bonds is 3. The van der Waals surface area contributed by atoms with Gasteiger partial charge in [0.2, 0.25) is 0 Å². The molecule has 110 valence electrons. The van der Waals surface area contributed by atoms with E-state index in [4.69, 9.17) is 0 Å². The first-order valence-electron chi connectivity index (χ1n) is 6.73. The summed E-state index contributed by atoms with van der Waals surface area (Å²) in [5.74, 6) is 0.0563. The minimum absolute atomic E-state index is 0.130. The maximum absolute atomic E-state index is 12.6. The number of likely N-dealkylation sites (tertiary alicyclic amines) is 1. The number of hydrogen-bond acceptors (Lipinski definition) is 5. The average Bonchev–Trinajstić information content (AvgIpc) is 3.15. The quantitative estimate of drug-likeness (QED) is 0.732. The van der Waals surface area contributed by atoms with E-state index < -0.39 is 6.10 Å². The van der Waals surface area contributed by atoms with Gasteiger partial charge in [0, 0.05) is 24.6 Å². The van der Waals surface area contributed by atoms with E-state index in [9.17, 15) is 15.0 Å². The number of aromatic nitrogens is 3. The minimum atomic E-state index is -0.684. The zero-order chi connectivity index (χ0) is 14.8. The lowest BCUT2D eigenvalue weighted by Crippen LogP contribution is -2.30. The van der Waals surface area contributed by atoms with Gasteiger partial charge in [0.25, 0.3) is 5.91 Å². The van der Waals surface area contributed by atoms with Gasteiger partial charge in [0.05, 0.1) is 18.3 Å².